The predicted octanol–water partition coefficient (Wildman–Crippen LogP) is 6.18. The minimum Gasteiger partial charge on any atom is -0.490 e. The highest BCUT2D eigenvalue weighted by Crippen LogP contribution is 2.37. The highest BCUT2D eigenvalue weighted by atomic mass is 79.9. The lowest BCUT2D eigenvalue weighted by atomic mass is 10.1. The van der Waals surface area contributed by atoms with Gasteiger partial charge in [-0.1, -0.05) is 12.1 Å². The van der Waals surface area contributed by atoms with Gasteiger partial charge in [-0.3, -0.25) is 0 Å². The summed E-state index contributed by atoms with van der Waals surface area (Å²) in [6.07, 6.45) is 0. The lowest BCUT2D eigenvalue weighted by molar-refractivity contribution is 0.0697. The zero-order valence-electron chi connectivity index (χ0n) is 17.2. The van der Waals surface area contributed by atoms with Crippen LogP contribution in [0.4, 0.5) is 10.1 Å². The van der Waals surface area contributed by atoms with Gasteiger partial charge in [-0.15, -0.1) is 0 Å². The third-order valence-corrected chi connectivity index (χ3v) is 5.21. The summed E-state index contributed by atoms with van der Waals surface area (Å²) >= 11 is 3.56. The van der Waals surface area contributed by atoms with Gasteiger partial charge in [-0.25, -0.2) is 9.18 Å². The first kappa shape index (κ1) is 22.6. The molecule has 0 aliphatic rings. The van der Waals surface area contributed by atoms with Crippen molar-refractivity contribution in [3.05, 3.63) is 87.1 Å². The van der Waals surface area contributed by atoms with E-state index in [9.17, 15) is 9.18 Å². The fraction of sp³-hybridized carbons (Fsp3) is 0.208. The molecule has 2 N–H and O–H groups in total. The fourth-order valence-electron chi connectivity index (χ4n) is 3.05. The van der Waals surface area contributed by atoms with Gasteiger partial charge in [0.1, 0.15) is 12.4 Å². The number of anilines is 1. The number of hydrogen-bond donors (Lipinski definition) is 2. The molecule has 5 nitrogen and oxygen atoms in total. The van der Waals surface area contributed by atoms with Crippen molar-refractivity contribution in [1.82, 2.24) is 0 Å². The van der Waals surface area contributed by atoms with Gasteiger partial charge in [0.2, 0.25) is 0 Å². The smallest absolute Gasteiger partial charge is 0.335 e. The van der Waals surface area contributed by atoms with Gasteiger partial charge in [0.25, 0.3) is 0 Å². The van der Waals surface area contributed by atoms with Crippen molar-refractivity contribution in [3.63, 3.8) is 0 Å². The molecule has 7 heteroatoms. The number of hydrogen-bond acceptors (Lipinski definition) is 4. The number of ether oxygens (including phenoxy) is 2. The Hall–Kier alpha value is -3.06. The average molecular weight is 488 g/mol. The first-order valence-electron chi connectivity index (χ1n) is 9.77. The van der Waals surface area contributed by atoms with Gasteiger partial charge in [-0.05, 0) is 88.9 Å². The second-order valence-corrected chi connectivity index (χ2v) is 7.80. The van der Waals surface area contributed by atoms with Crippen molar-refractivity contribution in [2.75, 3.05) is 11.9 Å². The molecule has 0 spiro atoms. The standard InChI is InChI=1S/C24H23BrFNO4/c1-3-30-22-12-17(13-27-21-9-6-18(24(28)29)10-15(21)2)11-20(25)23(22)31-14-16-4-7-19(26)8-5-16/h4-12,27H,3,13-14H2,1-2H3,(H,28,29). The topological polar surface area (TPSA) is 67.8 Å². The monoisotopic (exact) mass is 487 g/mol. The number of aromatic carboxylic acids is 1. The zero-order chi connectivity index (χ0) is 22.4. The molecule has 0 radical (unpaired) electrons. The maximum absolute atomic E-state index is 13.1. The molecule has 0 aromatic heterocycles. The van der Waals surface area contributed by atoms with Crippen molar-refractivity contribution in [3.8, 4) is 11.5 Å². The number of rotatable bonds is 9. The highest BCUT2D eigenvalue weighted by Gasteiger charge is 2.13. The van der Waals surface area contributed by atoms with E-state index in [1.807, 2.05) is 26.0 Å². The van der Waals surface area contributed by atoms with Crippen LogP contribution in [-0.4, -0.2) is 17.7 Å². The zero-order valence-corrected chi connectivity index (χ0v) is 18.8. The molecule has 0 heterocycles. The molecule has 3 aromatic carbocycles. The first-order chi connectivity index (χ1) is 14.9. The Balaban J connectivity index is 1.74. The molecule has 31 heavy (non-hydrogen) atoms. The van der Waals surface area contributed by atoms with Crippen LogP contribution < -0.4 is 14.8 Å². The molecule has 3 aromatic rings. The molecule has 0 aliphatic carbocycles. The van der Waals surface area contributed by atoms with Crippen molar-refractivity contribution in [1.29, 1.82) is 0 Å². The van der Waals surface area contributed by atoms with E-state index in [4.69, 9.17) is 14.6 Å². The molecule has 162 valence electrons. The summed E-state index contributed by atoms with van der Waals surface area (Å²) in [4.78, 5) is 11.1. The van der Waals surface area contributed by atoms with Crippen LogP contribution in [0, 0.1) is 12.7 Å². The summed E-state index contributed by atoms with van der Waals surface area (Å²) in [5, 5.41) is 12.4. The average Bonchev–Trinajstić information content (AvgIpc) is 2.73. The quantitative estimate of drug-likeness (QED) is 0.376. The molecule has 0 fully saturated rings. The van der Waals surface area contributed by atoms with Gasteiger partial charge in [0, 0.05) is 12.2 Å². The number of carboxylic acid groups (broad SMARTS) is 1. The van der Waals surface area contributed by atoms with Crippen LogP contribution in [0.15, 0.2) is 59.1 Å². The van der Waals surface area contributed by atoms with Crippen molar-refractivity contribution in [2.24, 2.45) is 0 Å². The Kier molecular flexibility index (Phi) is 7.52. The molecule has 0 unspecified atom stereocenters. The molecular formula is C24H23BrFNO4. The molecule has 0 saturated carbocycles. The van der Waals surface area contributed by atoms with Gasteiger partial charge in [-0.2, -0.15) is 0 Å². The normalized spacial score (nSPS) is 10.6. The third-order valence-electron chi connectivity index (χ3n) is 4.62. The van der Waals surface area contributed by atoms with Gasteiger partial charge >= 0.3 is 5.97 Å². The molecule has 0 saturated heterocycles. The van der Waals surface area contributed by atoms with E-state index in [1.165, 1.54) is 12.1 Å². The summed E-state index contributed by atoms with van der Waals surface area (Å²) in [5.41, 5.74) is 3.78. The number of nitrogens with one attached hydrogen (secondary N) is 1. The van der Waals surface area contributed by atoms with Crippen LogP contribution in [0.3, 0.4) is 0 Å². The lowest BCUT2D eigenvalue weighted by Crippen LogP contribution is -2.05. The summed E-state index contributed by atoms with van der Waals surface area (Å²) in [6, 6.07) is 15.0. The molecule has 0 atom stereocenters. The van der Waals surface area contributed by atoms with Crippen LogP contribution >= 0.6 is 15.9 Å². The predicted molar refractivity (Wildman–Crippen MR) is 122 cm³/mol. The second kappa shape index (κ2) is 10.3. The maximum atomic E-state index is 13.1. The minimum atomic E-state index is -0.948. The fourth-order valence-corrected chi connectivity index (χ4v) is 3.66. The summed E-state index contributed by atoms with van der Waals surface area (Å²) in [6.45, 7) is 5.04. The first-order valence-corrected chi connectivity index (χ1v) is 10.6. The minimum absolute atomic E-state index is 0.257. The van der Waals surface area contributed by atoms with E-state index in [-0.39, 0.29) is 18.0 Å². The molecule has 3 rings (SSSR count). The molecular weight excluding hydrogens is 465 g/mol. The van der Waals surface area contributed by atoms with Gasteiger partial charge < -0.3 is 19.9 Å². The number of carbonyl (C=O) groups is 1. The molecule has 0 aliphatic heterocycles. The number of halogens is 2. The number of aryl methyl sites for hydroxylation is 1. The van der Waals surface area contributed by atoms with E-state index in [2.05, 4.69) is 21.2 Å². The maximum Gasteiger partial charge on any atom is 0.335 e. The Morgan fingerprint density at radius 1 is 1.06 bits per heavy atom. The Morgan fingerprint density at radius 3 is 2.45 bits per heavy atom. The summed E-state index contributed by atoms with van der Waals surface area (Å²) in [5.74, 6) is -0.0496. The van der Waals surface area contributed by atoms with Crippen molar-refractivity contribution >= 4 is 27.6 Å². The Labute approximate surface area is 189 Å². The van der Waals surface area contributed by atoms with Crippen molar-refractivity contribution < 1.29 is 23.8 Å². The van der Waals surface area contributed by atoms with E-state index in [0.717, 1.165) is 26.9 Å². The molecule has 0 amide bonds. The van der Waals surface area contributed by atoms with Crippen LogP contribution in [0.1, 0.15) is 34.0 Å². The SMILES string of the molecule is CCOc1cc(CNc2ccc(C(=O)O)cc2C)cc(Br)c1OCc1ccc(F)cc1. The second-order valence-electron chi connectivity index (χ2n) is 6.94. The van der Waals surface area contributed by atoms with E-state index >= 15 is 0 Å². The van der Waals surface area contributed by atoms with Crippen LogP contribution in [-0.2, 0) is 13.2 Å². The molecule has 0 bridgehead atoms. The Bertz CT molecular complexity index is 1070. The van der Waals surface area contributed by atoms with E-state index < -0.39 is 5.97 Å². The van der Waals surface area contributed by atoms with E-state index in [0.29, 0.717) is 24.7 Å². The van der Waals surface area contributed by atoms with Crippen molar-refractivity contribution in [2.45, 2.75) is 27.0 Å². The lowest BCUT2D eigenvalue weighted by Gasteiger charge is -2.16. The number of benzene rings is 3. The van der Waals surface area contributed by atoms with E-state index in [1.54, 1.807) is 30.3 Å². The number of carboxylic acids is 1. The largest absolute Gasteiger partial charge is 0.490 e. The van der Waals surface area contributed by atoms with Crippen LogP contribution in [0.5, 0.6) is 11.5 Å². The Morgan fingerprint density at radius 2 is 1.81 bits per heavy atom. The summed E-state index contributed by atoms with van der Waals surface area (Å²) in [7, 11) is 0. The third kappa shape index (κ3) is 5.98. The van der Waals surface area contributed by atoms with Crippen LogP contribution in [0.2, 0.25) is 0 Å². The van der Waals surface area contributed by atoms with Gasteiger partial charge in [0.05, 0.1) is 16.6 Å². The highest BCUT2D eigenvalue weighted by molar-refractivity contribution is 9.10. The van der Waals surface area contributed by atoms with Gasteiger partial charge in [0.15, 0.2) is 11.5 Å². The van der Waals surface area contributed by atoms with Crippen LogP contribution in [0.25, 0.3) is 0 Å². The summed E-state index contributed by atoms with van der Waals surface area (Å²) < 4.78 is 25.6.